The van der Waals surface area contributed by atoms with Crippen molar-refractivity contribution in [2.75, 3.05) is 5.06 Å². The van der Waals surface area contributed by atoms with Gasteiger partial charge in [-0.2, -0.15) is 5.06 Å². The van der Waals surface area contributed by atoms with E-state index in [9.17, 15) is 10.0 Å². The molecule has 0 saturated carbocycles. The zero-order valence-electron chi connectivity index (χ0n) is 12.1. The molecule has 1 aromatic carbocycles. The first kappa shape index (κ1) is 14.4. The van der Waals surface area contributed by atoms with E-state index >= 15 is 0 Å². The fraction of sp³-hybridized carbons (Fsp3) is 0.267. The predicted molar refractivity (Wildman–Crippen MR) is 78.9 cm³/mol. The molecule has 0 bridgehead atoms. The molecule has 1 aliphatic heterocycles. The zero-order valence-corrected chi connectivity index (χ0v) is 12.1. The Labute approximate surface area is 127 Å². The molecule has 1 aliphatic rings. The van der Waals surface area contributed by atoms with Crippen LogP contribution in [0.25, 0.3) is 0 Å². The Morgan fingerprint density at radius 1 is 1.41 bits per heavy atom. The van der Waals surface area contributed by atoms with E-state index in [1.165, 1.54) is 0 Å². The quantitative estimate of drug-likeness (QED) is 0.832. The molecular formula is C15H16N4O3. The number of nitrogens with zero attached hydrogens (tertiary/aromatic N) is 3. The molecule has 0 aliphatic carbocycles. The fourth-order valence-electron chi connectivity index (χ4n) is 2.28. The van der Waals surface area contributed by atoms with Crippen LogP contribution in [0.3, 0.4) is 0 Å². The third-order valence-corrected chi connectivity index (χ3v) is 3.54. The highest BCUT2D eigenvalue weighted by Gasteiger charge is 2.29. The number of hydroxylamine groups is 1. The Hall–Kier alpha value is -2.51. The van der Waals surface area contributed by atoms with Crippen molar-refractivity contribution in [3.63, 3.8) is 0 Å². The lowest BCUT2D eigenvalue weighted by Crippen LogP contribution is -2.47. The van der Waals surface area contributed by atoms with Crippen molar-refractivity contribution < 1.29 is 14.7 Å². The van der Waals surface area contributed by atoms with Crippen LogP contribution in [0, 0.1) is 0 Å². The van der Waals surface area contributed by atoms with Crippen LogP contribution in [0.2, 0.25) is 0 Å². The van der Waals surface area contributed by atoms with Gasteiger partial charge in [0.1, 0.15) is 5.75 Å². The number of carbonyl (C=O) groups excluding carboxylic acids is 1. The number of benzene rings is 1. The lowest BCUT2D eigenvalue weighted by Gasteiger charge is -2.27. The molecular weight excluding hydrogens is 284 g/mol. The largest absolute Gasteiger partial charge is 0.424 e. The second-order valence-electron chi connectivity index (χ2n) is 5.08. The molecule has 0 fully saturated rings. The maximum absolute atomic E-state index is 11.6. The normalized spacial score (nSPS) is 17.3. The van der Waals surface area contributed by atoms with Gasteiger partial charge in [-0.15, -0.1) is 0 Å². The van der Waals surface area contributed by atoms with Gasteiger partial charge in [0.05, 0.1) is 11.7 Å². The summed E-state index contributed by atoms with van der Waals surface area (Å²) in [4.78, 5) is 19.9. The van der Waals surface area contributed by atoms with Crippen LogP contribution in [0.15, 0.2) is 30.6 Å². The number of hydrogen-bond acceptors (Lipinski definition) is 6. The molecule has 2 aromatic rings. The molecule has 0 radical (unpaired) electrons. The maximum Gasteiger partial charge on any atom is 0.321 e. The third-order valence-electron chi connectivity index (χ3n) is 3.54. The minimum absolute atomic E-state index is 0.245. The molecule has 0 spiro atoms. The Kier molecular flexibility index (Phi) is 3.74. The maximum atomic E-state index is 11.6. The molecule has 1 amide bonds. The predicted octanol–water partition coefficient (Wildman–Crippen LogP) is 1.44. The standard InChI is InChI=1S/C15H16N4O3/c1-2-9-7-17-15(18-8-9)22-11-3-4-13-10(5-11)6-12(16)14(20)19(13)21/h3-5,7-8,12,21H,2,6,16H2,1H3. The number of hydrogen-bond donors (Lipinski definition) is 2. The van der Waals surface area contributed by atoms with Crippen LogP contribution in [-0.4, -0.2) is 27.1 Å². The van der Waals surface area contributed by atoms with Crippen molar-refractivity contribution in [2.45, 2.75) is 25.8 Å². The Morgan fingerprint density at radius 3 is 2.82 bits per heavy atom. The van der Waals surface area contributed by atoms with Gasteiger partial charge in [0.15, 0.2) is 0 Å². The molecule has 0 saturated heterocycles. The number of fused-ring (bicyclic) bond motifs is 1. The lowest BCUT2D eigenvalue weighted by molar-refractivity contribution is -0.125. The number of rotatable bonds is 3. The number of amides is 1. The first-order chi connectivity index (χ1) is 10.6. The number of aryl methyl sites for hydroxylation is 1. The molecule has 7 nitrogen and oxygen atoms in total. The Morgan fingerprint density at radius 2 is 2.14 bits per heavy atom. The summed E-state index contributed by atoms with van der Waals surface area (Å²) < 4.78 is 5.59. The molecule has 1 unspecified atom stereocenters. The summed E-state index contributed by atoms with van der Waals surface area (Å²) in [7, 11) is 0. The van der Waals surface area contributed by atoms with Gasteiger partial charge in [0.25, 0.3) is 5.91 Å². The van der Waals surface area contributed by atoms with Gasteiger partial charge < -0.3 is 10.5 Å². The van der Waals surface area contributed by atoms with E-state index in [0.717, 1.165) is 17.5 Å². The second-order valence-corrected chi connectivity index (χ2v) is 5.08. The average Bonchev–Trinajstić information content (AvgIpc) is 2.53. The van der Waals surface area contributed by atoms with Gasteiger partial charge in [0, 0.05) is 12.4 Å². The van der Waals surface area contributed by atoms with Crippen molar-refractivity contribution in [1.29, 1.82) is 0 Å². The summed E-state index contributed by atoms with van der Waals surface area (Å²) in [6, 6.07) is 4.46. The van der Waals surface area contributed by atoms with Crippen molar-refractivity contribution in [1.82, 2.24) is 9.97 Å². The van der Waals surface area contributed by atoms with Crippen LogP contribution < -0.4 is 15.5 Å². The van der Waals surface area contributed by atoms with E-state index < -0.39 is 11.9 Å². The monoisotopic (exact) mass is 300 g/mol. The van der Waals surface area contributed by atoms with Gasteiger partial charge >= 0.3 is 6.01 Å². The van der Waals surface area contributed by atoms with E-state index in [2.05, 4.69) is 9.97 Å². The molecule has 22 heavy (non-hydrogen) atoms. The van der Waals surface area contributed by atoms with Crippen LogP contribution in [0.1, 0.15) is 18.1 Å². The Bertz CT molecular complexity index is 702. The fourth-order valence-corrected chi connectivity index (χ4v) is 2.28. The SMILES string of the molecule is CCc1cnc(Oc2ccc3c(c2)CC(N)C(=O)N3O)nc1. The van der Waals surface area contributed by atoms with Gasteiger partial charge in [-0.1, -0.05) is 6.92 Å². The van der Waals surface area contributed by atoms with Gasteiger partial charge in [-0.05, 0) is 42.2 Å². The first-order valence-corrected chi connectivity index (χ1v) is 6.98. The van der Waals surface area contributed by atoms with E-state index in [1.807, 2.05) is 6.92 Å². The summed E-state index contributed by atoms with van der Waals surface area (Å²) >= 11 is 0. The van der Waals surface area contributed by atoms with Crippen molar-refractivity contribution in [3.05, 3.63) is 41.7 Å². The highest BCUT2D eigenvalue weighted by atomic mass is 16.5. The molecule has 2 heterocycles. The second kappa shape index (κ2) is 5.70. The lowest BCUT2D eigenvalue weighted by atomic mass is 9.99. The van der Waals surface area contributed by atoms with Crippen molar-refractivity contribution in [2.24, 2.45) is 5.73 Å². The minimum Gasteiger partial charge on any atom is -0.424 e. The Balaban J connectivity index is 1.84. The van der Waals surface area contributed by atoms with Crippen LogP contribution in [0.4, 0.5) is 5.69 Å². The van der Waals surface area contributed by atoms with Gasteiger partial charge in [0.2, 0.25) is 0 Å². The summed E-state index contributed by atoms with van der Waals surface area (Å²) in [5, 5.41) is 10.4. The smallest absolute Gasteiger partial charge is 0.321 e. The first-order valence-electron chi connectivity index (χ1n) is 6.98. The van der Waals surface area contributed by atoms with Crippen LogP contribution in [0.5, 0.6) is 11.8 Å². The highest BCUT2D eigenvalue weighted by molar-refractivity contribution is 5.98. The number of anilines is 1. The van der Waals surface area contributed by atoms with E-state index in [4.69, 9.17) is 10.5 Å². The molecule has 3 N–H and O–H groups in total. The summed E-state index contributed by atoms with van der Waals surface area (Å²) in [6.07, 6.45) is 4.63. The molecule has 1 atom stereocenters. The van der Waals surface area contributed by atoms with Gasteiger partial charge in [-0.3, -0.25) is 10.0 Å². The zero-order chi connectivity index (χ0) is 15.7. The molecule has 3 rings (SSSR count). The van der Waals surface area contributed by atoms with Crippen LogP contribution in [-0.2, 0) is 17.6 Å². The van der Waals surface area contributed by atoms with Crippen molar-refractivity contribution in [3.8, 4) is 11.8 Å². The van der Waals surface area contributed by atoms with Crippen LogP contribution >= 0.6 is 0 Å². The van der Waals surface area contributed by atoms with E-state index in [0.29, 0.717) is 22.9 Å². The van der Waals surface area contributed by atoms with Gasteiger partial charge in [-0.25, -0.2) is 9.97 Å². The topological polar surface area (TPSA) is 102 Å². The van der Waals surface area contributed by atoms with E-state index in [-0.39, 0.29) is 6.01 Å². The number of nitrogens with two attached hydrogens (primary N) is 1. The third kappa shape index (κ3) is 2.63. The summed E-state index contributed by atoms with van der Waals surface area (Å²) in [5.74, 6) is 0.0117. The highest BCUT2D eigenvalue weighted by Crippen LogP contribution is 2.30. The number of carbonyl (C=O) groups is 1. The molecule has 7 heteroatoms. The summed E-state index contributed by atoms with van der Waals surface area (Å²) in [6.45, 7) is 2.02. The van der Waals surface area contributed by atoms with Crippen molar-refractivity contribution >= 4 is 11.6 Å². The average molecular weight is 300 g/mol. The number of aromatic nitrogens is 2. The summed E-state index contributed by atoms with van der Waals surface area (Å²) in [5.41, 5.74) is 7.88. The van der Waals surface area contributed by atoms with E-state index in [1.54, 1.807) is 30.6 Å². The molecule has 1 aromatic heterocycles. The minimum atomic E-state index is -0.757. The molecule has 114 valence electrons. The number of ether oxygens (including phenoxy) is 1.